The summed E-state index contributed by atoms with van der Waals surface area (Å²) < 4.78 is 2.20. The quantitative estimate of drug-likeness (QED) is 0.750. The molecule has 0 amide bonds. The van der Waals surface area contributed by atoms with Crippen LogP contribution >= 0.6 is 12.4 Å². The second-order valence-corrected chi connectivity index (χ2v) is 5.72. The number of fused-ring (bicyclic) bond motifs is 1. The summed E-state index contributed by atoms with van der Waals surface area (Å²) in [5.41, 5.74) is 3.53. The Labute approximate surface area is 143 Å². The number of nitrogens with zero attached hydrogens (tertiary/aromatic N) is 1. The van der Waals surface area contributed by atoms with E-state index in [0.717, 1.165) is 5.56 Å². The van der Waals surface area contributed by atoms with Gasteiger partial charge >= 0.3 is 0 Å². The number of aliphatic hydroxyl groups is 1. The third kappa shape index (κ3) is 3.42. The van der Waals surface area contributed by atoms with E-state index >= 15 is 0 Å². The Morgan fingerprint density at radius 1 is 1.04 bits per heavy atom. The molecule has 122 valence electrons. The van der Waals surface area contributed by atoms with E-state index in [-0.39, 0.29) is 18.4 Å². The predicted molar refractivity (Wildman–Crippen MR) is 98.4 cm³/mol. The van der Waals surface area contributed by atoms with E-state index in [0.29, 0.717) is 6.54 Å². The molecule has 2 N–H and O–H groups in total. The van der Waals surface area contributed by atoms with Crippen molar-refractivity contribution in [3.63, 3.8) is 0 Å². The van der Waals surface area contributed by atoms with Crippen LogP contribution in [0.25, 0.3) is 10.9 Å². The summed E-state index contributed by atoms with van der Waals surface area (Å²) in [6.45, 7) is 2.66. The fourth-order valence-corrected chi connectivity index (χ4v) is 3.17. The van der Waals surface area contributed by atoms with Crippen LogP contribution in [0.2, 0.25) is 0 Å². The van der Waals surface area contributed by atoms with Crippen molar-refractivity contribution >= 4 is 23.3 Å². The van der Waals surface area contributed by atoms with Crippen LogP contribution in [0.4, 0.5) is 0 Å². The van der Waals surface area contributed by atoms with Gasteiger partial charge in [-0.2, -0.15) is 0 Å². The van der Waals surface area contributed by atoms with Crippen molar-refractivity contribution in [2.45, 2.75) is 19.1 Å². The number of hydrogen-bond donors (Lipinski definition) is 2. The maximum Gasteiger partial charge on any atom is 0.0912 e. The molecule has 3 aromatic rings. The summed E-state index contributed by atoms with van der Waals surface area (Å²) in [7, 11) is 1.87. The van der Waals surface area contributed by atoms with E-state index in [9.17, 15) is 5.11 Å². The van der Waals surface area contributed by atoms with Gasteiger partial charge in [-0.3, -0.25) is 0 Å². The molecule has 0 aliphatic rings. The zero-order chi connectivity index (χ0) is 15.5. The van der Waals surface area contributed by atoms with E-state index in [1.165, 1.54) is 16.5 Å². The highest BCUT2D eigenvalue weighted by atomic mass is 35.5. The monoisotopic (exact) mass is 330 g/mol. The van der Waals surface area contributed by atoms with Crippen LogP contribution in [0, 0.1) is 6.92 Å². The number of nitrogens with one attached hydrogen (secondary N) is 1. The smallest absolute Gasteiger partial charge is 0.0912 e. The minimum absolute atomic E-state index is 0. The molecule has 0 saturated heterocycles. The Kier molecular flexibility index (Phi) is 5.83. The first-order valence-corrected chi connectivity index (χ1v) is 7.66. The van der Waals surface area contributed by atoms with Crippen molar-refractivity contribution < 1.29 is 5.11 Å². The summed E-state index contributed by atoms with van der Waals surface area (Å²) in [5, 5.41) is 15.0. The van der Waals surface area contributed by atoms with Crippen LogP contribution in [0.5, 0.6) is 0 Å². The molecule has 0 aliphatic carbocycles. The Morgan fingerprint density at radius 2 is 1.78 bits per heavy atom. The number of rotatable bonds is 5. The Bertz CT molecular complexity index is 754. The molecule has 1 heterocycles. The van der Waals surface area contributed by atoms with Crippen molar-refractivity contribution in [1.82, 2.24) is 9.88 Å². The number of hydrogen-bond acceptors (Lipinski definition) is 2. The van der Waals surface area contributed by atoms with Gasteiger partial charge < -0.3 is 15.0 Å². The van der Waals surface area contributed by atoms with Crippen LogP contribution < -0.4 is 5.32 Å². The number of aliphatic hydroxyl groups excluding tert-OH is 1. The van der Waals surface area contributed by atoms with Gasteiger partial charge in [0.1, 0.15) is 0 Å². The van der Waals surface area contributed by atoms with Gasteiger partial charge in [0.15, 0.2) is 0 Å². The van der Waals surface area contributed by atoms with Gasteiger partial charge in [-0.05, 0) is 36.6 Å². The van der Waals surface area contributed by atoms with E-state index in [2.05, 4.69) is 59.4 Å². The lowest BCUT2D eigenvalue weighted by Gasteiger charge is -2.26. The highest BCUT2D eigenvalue weighted by molar-refractivity contribution is 5.85. The van der Waals surface area contributed by atoms with Gasteiger partial charge in [0.25, 0.3) is 0 Å². The molecule has 2 atom stereocenters. The number of halogens is 1. The molecule has 2 aromatic carbocycles. The Hall–Kier alpha value is -1.81. The lowest BCUT2D eigenvalue weighted by atomic mass is 10.0. The summed E-state index contributed by atoms with van der Waals surface area (Å²) >= 11 is 0. The molecule has 3 nitrogen and oxygen atoms in total. The molecular weight excluding hydrogens is 308 g/mol. The molecule has 0 radical (unpaired) electrons. The number of likely N-dealkylation sites (N-methyl/N-ethyl adjacent to an activating group) is 1. The van der Waals surface area contributed by atoms with Crippen LogP contribution in [0.1, 0.15) is 17.2 Å². The third-order valence-electron chi connectivity index (χ3n) is 4.16. The molecular formula is C19H23ClN2O. The van der Waals surface area contributed by atoms with Crippen LogP contribution in [0.3, 0.4) is 0 Å². The fraction of sp³-hybridized carbons (Fsp3) is 0.263. The van der Waals surface area contributed by atoms with Gasteiger partial charge in [0, 0.05) is 12.7 Å². The maximum atomic E-state index is 10.7. The van der Waals surface area contributed by atoms with Gasteiger partial charge in [-0.15, -0.1) is 12.4 Å². The fourth-order valence-electron chi connectivity index (χ4n) is 3.17. The average molecular weight is 331 g/mol. The first-order chi connectivity index (χ1) is 10.7. The van der Waals surface area contributed by atoms with E-state index in [4.69, 9.17) is 0 Å². The molecule has 0 bridgehead atoms. The van der Waals surface area contributed by atoms with E-state index in [1.807, 2.05) is 25.2 Å². The summed E-state index contributed by atoms with van der Waals surface area (Å²) in [6, 6.07) is 18.5. The highest BCUT2D eigenvalue weighted by Crippen LogP contribution is 2.29. The van der Waals surface area contributed by atoms with Gasteiger partial charge in [-0.25, -0.2) is 0 Å². The number of benzene rings is 2. The second-order valence-electron chi connectivity index (χ2n) is 5.72. The Balaban J connectivity index is 0.00000192. The largest absolute Gasteiger partial charge is 0.389 e. The summed E-state index contributed by atoms with van der Waals surface area (Å²) in [5.74, 6) is 0. The lowest BCUT2D eigenvalue weighted by molar-refractivity contribution is 0.132. The molecule has 0 aliphatic heterocycles. The predicted octanol–water partition coefficient (Wildman–Crippen LogP) is 3.54. The van der Waals surface area contributed by atoms with Crippen LogP contribution in [0.15, 0.2) is 60.8 Å². The van der Waals surface area contributed by atoms with Gasteiger partial charge in [0.05, 0.1) is 17.7 Å². The number of para-hydroxylation sites is 1. The van der Waals surface area contributed by atoms with Gasteiger partial charge in [0.2, 0.25) is 0 Å². The standard InChI is InChI=1S/C19H22N2O.ClH/c1-14-7-6-10-16-11-12-21(18(14)16)19(17(22)13-20-2)15-8-4-3-5-9-15;/h3-12,17,19-20,22H,13H2,1-2H3;1H/t17-,19+;/m1./s1. The van der Waals surface area contributed by atoms with E-state index in [1.54, 1.807) is 0 Å². The molecule has 0 saturated carbocycles. The zero-order valence-electron chi connectivity index (χ0n) is 13.4. The first kappa shape index (κ1) is 17.5. The molecule has 0 spiro atoms. The molecule has 3 rings (SSSR count). The minimum Gasteiger partial charge on any atom is -0.389 e. The number of aryl methyl sites for hydroxylation is 1. The van der Waals surface area contributed by atoms with Crippen molar-refractivity contribution in [2.75, 3.05) is 13.6 Å². The van der Waals surface area contributed by atoms with Crippen molar-refractivity contribution in [1.29, 1.82) is 0 Å². The topological polar surface area (TPSA) is 37.2 Å². The molecule has 23 heavy (non-hydrogen) atoms. The molecule has 0 fully saturated rings. The second kappa shape index (κ2) is 7.64. The summed E-state index contributed by atoms with van der Waals surface area (Å²) in [4.78, 5) is 0. The van der Waals surface area contributed by atoms with E-state index < -0.39 is 6.10 Å². The first-order valence-electron chi connectivity index (χ1n) is 7.66. The third-order valence-corrected chi connectivity index (χ3v) is 4.16. The number of aromatic nitrogens is 1. The average Bonchev–Trinajstić information content (AvgIpc) is 2.94. The summed E-state index contributed by atoms with van der Waals surface area (Å²) in [6.07, 6.45) is 1.58. The van der Waals surface area contributed by atoms with Crippen molar-refractivity contribution in [3.8, 4) is 0 Å². The lowest BCUT2D eigenvalue weighted by Crippen LogP contribution is -2.33. The Morgan fingerprint density at radius 3 is 2.48 bits per heavy atom. The highest BCUT2D eigenvalue weighted by Gasteiger charge is 2.23. The normalized spacial score (nSPS) is 13.5. The molecule has 1 aromatic heterocycles. The van der Waals surface area contributed by atoms with Crippen LogP contribution in [-0.2, 0) is 0 Å². The minimum atomic E-state index is -0.498. The maximum absolute atomic E-state index is 10.7. The van der Waals surface area contributed by atoms with Crippen LogP contribution in [-0.4, -0.2) is 29.4 Å². The molecule has 0 unspecified atom stereocenters. The zero-order valence-corrected chi connectivity index (χ0v) is 14.3. The van der Waals surface area contributed by atoms with Crippen molar-refractivity contribution in [2.24, 2.45) is 0 Å². The SMILES string of the molecule is CNC[C@@H](O)[C@H](c1ccccc1)n1ccc2cccc(C)c21.Cl. The van der Waals surface area contributed by atoms with Crippen molar-refractivity contribution in [3.05, 3.63) is 71.9 Å². The molecule has 4 heteroatoms. The van der Waals surface area contributed by atoms with Gasteiger partial charge in [-0.1, -0.05) is 48.5 Å².